The SMILES string of the molecule is COc1cc(Nc2nccc(N(Cc3cc(F)cc(F)c3)C(=O)O)n2)cc(OCCCN2CCN(C)CC2)c1OC. The van der Waals surface area contributed by atoms with Crippen LogP contribution in [-0.4, -0.2) is 91.6 Å². The van der Waals surface area contributed by atoms with Gasteiger partial charge in [-0.1, -0.05) is 0 Å². The van der Waals surface area contributed by atoms with Crippen molar-refractivity contribution in [3.8, 4) is 17.2 Å². The fourth-order valence-corrected chi connectivity index (χ4v) is 4.47. The number of piperazine rings is 1. The zero-order chi connectivity index (χ0) is 29.4. The quantitative estimate of drug-likeness (QED) is 0.306. The Morgan fingerprint density at radius 3 is 2.41 bits per heavy atom. The minimum atomic E-state index is -1.35. The number of halogens is 2. The molecule has 4 rings (SSSR count). The van der Waals surface area contributed by atoms with Crippen molar-refractivity contribution in [2.45, 2.75) is 13.0 Å². The van der Waals surface area contributed by atoms with Crippen LogP contribution in [-0.2, 0) is 6.54 Å². The van der Waals surface area contributed by atoms with E-state index in [0.29, 0.717) is 29.5 Å². The molecule has 0 spiro atoms. The normalized spacial score (nSPS) is 14.0. The van der Waals surface area contributed by atoms with E-state index in [1.54, 1.807) is 12.1 Å². The molecule has 0 unspecified atom stereocenters. The summed E-state index contributed by atoms with van der Waals surface area (Å²) >= 11 is 0. The lowest BCUT2D eigenvalue weighted by Gasteiger charge is -2.32. The summed E-state index contributed by atoms with van der Waals surface area (Å²) in [6.07, 6.45) is 0.860. The number of ether oxygens (including phenoxy) is 3. The van der Waals surface area contributed by atoms with Gasteiger partial charge in [0.2, 0.25) is 11.7 Å². The van der Waals surface area contributed by atoms with Gasteiger partial charge < -0.3 is 34.4 Å². The molecule has 3 aromatic rings. The molecule has 0 radical (unpaired) electrons. The summed E-state index contributed by atoms with van der Waals surface area (Å²) in [5, 5.41) is 12.8. The van der Waals surface area contributed by atoms with Crippen molar-refractivity contribution < 1.29 is 32.9 Å². The summed E-state index contributed by atoms with van der Waals surface area (Å²) in [5.74, 6) is -0.186. The summed E-state index contributed by atoms with van der Waals surface area (Å²) in [5.41, 5.74) is 0.648. The number of likely N-dealkylation sites (N-methyl/N-ethyl adjacent to an activating group) is 1. The molecule has 41 heavy (non-hydrogen) atoms. The predicted octanol–water partition coefficient (Wildman–Crippen LogP) is 4.22. The summed E-state index contributed by atoms with van der Waals surface area (Å²) in [4.78, 5) is 26.1. The van der Waals surface area contributed by atoms with Crippen LogP contribution in [0.4, 0.5) is 31.0 Å². The molecule has 0 atom stereocenters. The standard InChI is InChI=1S/C28H34F2N6O5/c1-34-8-10-35(11-9-34)7-4-12-41-24-17-22(16-23(39-2)26(24)40-3)32-27-31-6-5-25(33-27)36(28(37)38)18-19-13-20(29)15-21(30)14-19/h5-6,13-17H,4,7-12,18H2,1-3H3,(H,37,38)(H,31,32,33). The van der Waals surface area contributed by atoms with Crippen LogP contribution in [0.1, 0.15) is 12.0 Å². The van der Waals surface area contributed by atoms with E-state index in [-0.39, 0.29) is 23.9 Å². The number of hydrogen-bond acceptors (Lipinski definition) is 9. The van der Waals surface area contributed by atoms with Crippen molar-refractivity contribution >= 4 is 23.5 Å². The molecular formula is C28H34F2N6O5. The number of amides is 1. The largest absolute Gasteiger partial charge is 0.493 e. The Morgan fingerprint density at radius 1 is 1.05 bits per heavy atom. The van der Waals surface area contributed by atoms with Crippen LogP contribution in [0.25, 0.3) is 0 Å². The summed E-state index contributed by atoms with van der Waals surface area (Å²) in [6.45, 7) is 5.24. The molecule has 0 saturated carbocycles. The highest BCUT2D eigenvalue weighted by atomic mass is 19.1. The Hall–Kier alpha value is -4.23. The zero-order valence-corrected chi connectivity index (χ0v) is 23.3. The van der Waals surface area contributed by atoms with Gasteiger partial charge in [0, 0.05) is 62.8 Å². The van der Waals surface area contributed by atoms with E-state index in [2.05, 4.69) is 32.1 Å². The first-order valence-electron chi connectivity index (χ1n) is 13.1. The van der Waals surface area contributed by atoms with Gasteiger partial charge in [-0.15, -0.1) is 0 Å². The lowest BCUT2D eigenvalue weighted by Crippen LogP contribution is -2.44. The van der Waals surface area contributed by atoms with Crippen molar-refractivity contribution in [3.05, 3.63) is 59.8 Å². The van der Waals surface area contributed by atoms with Gasteiger partial charge in [0.15, 0.2) is 11.5 Å². The molecule has 1 aliphatic rings. The molecule has 2 heterocycles. The minimum absolute atomic E-state index is 0.0144. The Kier molecular flexibility index (Phi) is 10.1. The number of methoxy groups -OCH3 is 2. The van der Waals surface area contributed by atoms with Gasteiger partial charge >= 0.3 is 6.09 Å². The van der Waals surface area contributed by atoms with Crippen molar-refractivity contribution in [2.75, 3.05) is 70.8 Å². The van der Waals surface area contributed by atoms with Crippen LogP contribution < -0.4 is 24.4 Å². The monoisotopic (exact) mass is 572 g/mol. The van der Waals surface area contributed by atoms with Crippen LogP contribution in [0.5, 0.6) is 17.2 Å². The maximum Gasteiger partial charge on any atom is 0.413 e. The van der Waals surface area contributed by atoms with E-state index in [1.807, 2.05) is 0 Å². The second kappa shape index (κ2) is 13.9. The Labute approximate surface area is 237 Å². The molecule has 1 fully saturated rings. The smallest absolute Gasteiger partial charge is 0.413 e. The van der Waals surface area contributed by atoms with E-state index in [4.69, 9.17) is 14.2 Å². The second-order valence-electron chi connectivity index (χ2n) is 9.57. The highest BCUT2D eigenvalue weighted by Crippen LogP contribution is 2.40. The van der Waals surface area contributed by atoms with E-state index < -0.39 is 17.7 Å². The second-order valence-corrected chi connectivity index (χ2v) is 9.57. The van der Waals surface area contributed by atoms with Crippen LogP contribution in [0.2, 0.25) is 0 Å². The van der Waals surface area contributed by atoms with Gasteiger partial charge in [0.05, 0.1) is 27.4 Å². The van der Waals surface area contributed by atoms with Crippen LogP contribution in [0.3, 0.4) is 0 Å². The molecule has 0 aliphatic carbocycles. The molecule has 220 valence electrons. The van der Waals surface area contributed by atoms with Crippen molar-refractivity contribution in [1.82, 2.24) is 19.8 Å². The maximum absolute atomic E-state index is 13.7. The third kappa shape index (κ3) is 8.14. The van der Waals surface area contributed by atoms with E-state index in [1.165, 1.54) is 26.5 Å². The average Bonchev–Trinajstić information content (AvgIpc) is 2.94. The van der Waals surface area contributed by atoms with Gasteiger partial charge in [0.1, 0.15) is 17.5 Å². The Bertz CT molecular complexity index is 1320. The third-order valence-corrected chi connectivity index (χ3v) is 6.58. The molecule has 11 nitrogen and oxygen atoms in total. The Balaban J connectivity index is 1.48. The first kappa shape index (κ1) is 29.7. The average molecular weight is 573 g/mol. The lowest BCUT2D eigenvalue weighted by molar-refractivity contribution is 0.145. The third-order valence-electron chi connectivity index (χ3n) is 6.58. The maximum atomic E-state index is 13.7. The molecule has 2 N–H and O–H groups in total. The molecule has 1 saturated heterocycles. The number of carboxylic acid groups (broad SMARTS) is 1. The number of rotatable bonds is 12. The molecule has 0 bridgehead atoms. The van der Waals surface area contributed by atoms with Gasteiger partial charge in [-0.25, -0.2) is 18.6 Å². The van der Waals surface area contributed by atoms with Gasteiger partial charge in [-0.05, 0) is 37.2 Å². The number of anilines is 3. The minimum Gasteiger partial charge on any atom is -0.493 e. The topological polar surface area (TPSA) is 113 Å². The molecule has 1 amide bonds. The van der Waals surface area contributed by atoms with E-state index in [9.17, 15) is 18.7 Å². The molecule has 2 aromatic carbocycles. The first-order valence-corrected chi connectivity index (χ1v) is 13.1. The Morgan fingerprint density at radius 2 is 1.76 bits per heavy atom. The number of nitrogens with zero attached hydrogens (tertiary/aromatic N) is 5. The summed E-state index contributed by atoms with van der Waals surface area (Å²) in [6, 6.07) is 7.63. The predicted molar refractivity (Wildman–Crippen MR) is 149 cm³/mol. The molecule has 1 aliphatic heterocycles. The van der Waals surface area contributed by atoms with Crippen molar-refractivity contribution in [2.24, 2.45) is 0 Å². The molecule has 1 aromatic heterocycles. The summed E-state index contributed by atoms with van der Waals surface area (Å²) in [7, 11) is 5.16. The van der Waals surface area contributed by atoms with Crippen molar-refractivity contribution in [3.63, 3.8) is 0 Å². The lowest BCUT2D eigenvalue weighted by atomic mass is 10.2. The van der Waals surface area contributed by atoms with E-state index in [0.717, 1.165) is 62.2 Å². The number of carbonyl (C=O) groups is 1. The zero-order valence-electron chi connectivity index (χ0n) is 23.3. The number of nitrogens with one attached hydrogen (secondary N) is 1. The fraction of sp³-hybridized carbons (Fsp3) is 0.393. The molecule has 13 heteroatoms. The highest BCUT2D eigenvalue weighted by molar-refractivity contribution is 5.84. The van der Waals surface area contributed by atoms with Crippen LogP contribution >= 0.6 is 0 Å². The van der Waals surface area contributed by atoms with Gasteiger partial charge in [-0.3, -0.25) is 4.90 Å². The first-order chi connectivity index (χ1) is 19.7. The van der Waals surface area contributed by atoms with Crippen molar-refractivity contribution in [1.29, 1.82) is 0 Å². The van der Waals surface area contributed by atoms with Gasteiger partial charge in [-0.2, -0.15) is 4.98 Å². The van der Waals surface area contributed by atoms with E-state index >= 15 is 0 Å². The number of aromatic nitrogens is 2. The van der Waals surface area contributed by atoms with Gasteiger partial charge in [0.25, 0.3) is 0 Å². The number of benzene rings is 2. The summed E-state index contributed by atoms with van der Waals surface area (Å²) < 4.78 is 44.4. The number of hydrogen-bond donors (Lipinski definition) is 2. The highest BCUT2D eigenvalue weighted by Gasteiger charge is 2.20. The molecular weight excluding hydrogens is 538 g/mol. The van der Waals surface area contributed by atoms with Crippen LogP contribution in [0.15, 0.2) is 42.6 Å². The fourth-order valence-electron chi connectivity index (χ4n) is 4.47. The van der Waals surface area contributed by atoms with Crippen LogP contribution in [0, 0.1) is 11.6 Å².